The van der Waals surface area contributed by atoms with E-state index in [2.05, 4.69) is 16.7 Å². The molecule has 2 aliphatic rings. The molecule has 0 aromatic heterocycles. The van der Waals surface area contributed by atoms with Gasteiger partial charge in [-0.2, -0.15) is 0 Å². The first-order valence-corrected chi connectivity index (χ1v) is 11.1. The molecular formula is C24H33N3O5. The van der Waals surface area contributed by atoms with Crippen LogP contribution in [0.3, 0.4) is 0 Å². The van der Waals surface area contributed by atoms with Crippen molar-refractivity contribution in [3.63, 3.8) is 0 Å². The van der Waals surface area contributed by atoms with Crippen LogP contribution >= 0.6 is 0 Å². The summed E-state index contributed by atoms with van der Waals surface area (Å²) in [6, 6.07) is 4.92. The number of allylic oxidation sites excluding steroid dienone is 1. The van der Waals surface area contributed by atoms with Gasteiger partial charge in [0, 0.05) is 6.42 Å². The van der Waals surface area contributed by atoms with Crippen LogP contribution in [0.5, 0.6) is 5.75 Å². The zero-order valence-corrected chi connectivity index (χ0v) is 19.0. The number of hydrogen-bond donors (Lipinski definition) is 3. The molecule has 4 atom stereocenters. The fourth-order valence-electron chi connectivity index (χ4n) is 3.80. The van der Waals surface area contributed by atoms with E-state index < -0.39 is 35.5 Å². The van der Waals surface area contributed by atoms with Gasteiger partial charge in [0.05, 0.1) is 25.8 Å². The standard InChI is InChI=1S/C24H33N3O5/c1-15(25)22(29)27-20(13-17-8-10-18(31-3)11-9-17)23(30)26-19(12-16-6-4-5-7-16)21(28)24(2)14-32-24/h6,8-11,15,19-20H,4-5,7,12-14,25H2,1-3H3,(H,26,30)(H,27,29)/t15-,19+,20+,24-/m1/s1. The van der Waals surface area contributed by atoms with Crippen LogP contribution in [0.2, 0.25) is 0 Å². The molecule has 0 unspecified atom stereocenters. The minimum atomic E-state index is -0.873. The molecule has 0 bridgehead atoms. The van der Waals surface area contributed by atoms with Gasteiger partial charge in [-0.3, -0.25) is 14.4 Å². The lowest BCUT2D eigenvalue weighted by Gasteiger charge is -2.25. The van der Waals surface area contributed by atoms with Gasteiger partial charge in [-0.1, -0.05) is 23.8 Å². The lowest BCUT2D eigenvalue weighted by Crippen LogP contribution is -2.56. The molecule has 4 N–H and O–H groups in total. The predicted octanol–water partition coefficient (Wildman–Crippen LogP) is 1.41. The monoisotopic (exact) mass is 443 g/mol. The normalized spacial score (nSPS) is 22.3. The van der Waals surface area contributed by atoms with Gasteiger partial charge in [0.25, 0.3) is 0 Å². The summed E-state index contributed by atoms with van der Waals surface area (Å²) in [5.74, 6) is -0.295. The van der Waals surface area contributed by atoms with E-state index in [-0.39, 0.29) is 12.2 Å². The van der Waals surface area contributed by atoms with Crippen molar-refractivity contribution < 1.29 is 23.9 Å². The van der Waals surface area contributed by atoms with Gasteiger partial charge in [-0.15, -0.1) is 0 Å². The van der Waals surface area contributed by atoms with Gasteiger partial charge in [0.2, 0.25) is 11.8 Å². The minimum absolute atomic E-state index is 0.139. The Hall–Kier alpha value is -2.71. The fourth-order valence-corrected chi connectivity index (χ4v) is 3.80. The Bertz CT molecular complexity index is 874. The number of hydrogen-bond acceptors (Lipinski definition) is 6. The SMILES string of the molecule is COc1ccc(C[C@H](NC(=O)[C@@H](C)N)C(=O)N[C@@H](CC2=CCCC2)C(=O)[C@@]2(C)CO2)cc1. The van der Waals surface area contributed by atoms with Crippen LogP contribution in [0.15, 0.2) is 35.9 Å². The maximum absolute atomic E-state index is 13.3. The van der Waals surface area contributed by atoms with E-state index in [9.17, 15) is 14.4 Å². The van der Waals surface area contributed by atoms with Crippen molar-refractivity contribution in [1.82, 2.24) is 10.6 Å². The highest BCUT2D eigenvalue weighted by atomic mass is 16.6. The molecule has 8 nitrogen and oxygen atoms in total. The third-order valence-electron chi connectivity index (χ3n) is 5.98. The van der Waals surface area contributed by atoms with Crippen molar-refractivity contribution in [2.45, 2.75) is 69.7 Å². The number of carbonyl (C=O) groups is 3. The first kappa shape index (κ1) is 23.9. The fraction of sp³-hybridized carbons (Fsp3) is 0.542. The summed E-state index contributed by atoms with van der Waals surface area (Å²) in [7, 11) is 1.58. The van der Waals surface area contributed by atoms with Crippen LogP contribution in [-0.2, 0) is 25.5 Å². The largest absolute Gasteiger partial charge is 0.497 e. The topological polar surface area (TPSA) is 123 Å². The molecule has 0 radical (unpaired) electrons. The van der Waals surface area contributed by atoms with Crippen molar-refractivity contribution in [2.24, 2.45) is 5.73 Å². The van der Waals surface area contributed by atoms with Gasteiger partial charge < -0.3 is 25.8 Å². The molecule has 0 spiro atoms. The highest BCUT2D eigenvalue weighted by Crippen LogP contribution is 2.31. The molecule has 1 aromatic carbocycles. The van der Waals surface area contributed by atoms with Crippen molar-refractivity contribution in [3.8, 4) is 5.75 Å². The van der Waals surface area contributed by atoms with E-state index in [1.54, 1.807) is 33.1 Å². The Kier molecular flexibility index (Phi) is 7.69. The van der Waals surface area contributed by atoms with Crippen molar-refractivity contribution in [3.05, 3.63) is 41.5 Å². The summed E-state index contributed by atoms with van der Waals surface area (Å²) >= 11 is 0. The number of benzene rings is 1. The van der Waals surface area contributed by atoms with Crippen LogP contribution in [0, 0.1) is 0 Å². The van der Waals surface area contributed by atoms with Crippen LogP contribution in [0.1, 0.15) is 45.1 Å². The molecule has 8 heteroatoms. The van der Waals surface area contributed by atoms with E-state index in [1.165, 1.54) is 5.57 Å². The van der Waals surface area contributed by atoms with Gasteiger partial charge in [0.1, 0.15) is 17.4 Å². The third-order valence-corrected chi connectivity index (χ3v) is 5.98. The van der Waals surface area contributed by atoms with Crippen molar-refractivity contribution >= 4 is 17.6 Å². The summed E-state index contributed by atoms with van der Waals surface area (Å²) in [5, 5.41) is 5.61. The van der Waals surface area contributed by atoms with Crippen LogP contribution in [0.4, 0.5) is 0 Å². The number of nitrogens with one attached hydrogen (secondary N) is 2. The Morgan fingerprint density at radius 2 is 1.78 bits per heavy atom. The quantitative estimate of drug-likeness (QED) is 0.351. The second-order valence-corrected chi connectivity index (χ2v) is 8.81. The number of epoxide rings is 1. The van der Waals surface area contributed by atoms with Crippen LogP contribution in [-0.4, -0.2) is 55.0 Å². The first-order valence-electron chi connectivity index (χ1n) is 11.1. The first-order chi connectivity index (χ1) is 15.2. The van der Waals surface area contributed by atoms with E-state index in [1.807, 2.05) is 12.1 Å². The van der Waals surface area contributed by atoms with Crippen molar-refractivity contribution in [1.29, 1.82) is 0 Å². The summed E-state index contributed by atoms with van der Waals surface area (Å²) in [6.45, 7) is 3.65. The summed E-state index contributed by atoms with van der Waals surface area (Å²) in [6.07, 6.45) is 5.82. The third kappa shape index (κ3) is 6.17. The molecule has 1 heterocycles. The molecule has 1 saturated heterocycles. The average molecular weight is 444 g/mol. The molecule has 1 aliphatic carbocycles. The molecule has 32 heavy (non-hydrogen) atoms. The molecule has 2 amide bonds. The number of nitrogens with two attached hydrogens (primary N) is 1. The average Bonchev–Trinajstić information content (AvgIpc) is 3.31. The van der Waals surface area contributed by atoms with Crippen molar-refractivity contribution in [2.75, 3.05) is 13.7 Å². The highest BCUT2D eigenvalue weighted by Gasteiger charge is 2.50. The lowest BCUT2D eigenvalue weighted by molar-refractivity contribution is -0.133. The lowest BCUT2D eigenvalue weighted by atomic mass is 9.94. The molecule has 3 rings (SSSR count). The zero-order valence-electron chi connectivity index (χ0n) is 19.0. The smallest absolute Gasteiger partial charge is 0.243 e. The van der Waals surface area contributed by atoms with E-state index in [0.717, 1.165) is 24.8 Å². The maximum atomic E-state index is 13.3. The van der Waals surface area contributed by atoms with E-state index >= 15 is 0 Å². The summed E-state index contributed by atoms with van der Waals surface area (Å²) < 4.78 is 10.5. The molecule has 174 valence electrons. The van der Waals surface area contributed by atoms with Gasteiger partial charge in [0.15, 0.2) is 5.78 Å². The zero-order chi connectivity index (χ0) is 23.3. The number of ketones is 1. The van der Waals surface area contributed by atoms with Gasteiger partial charge >= 0.3 is 0 Å². The molecule has 0 saturated carbocycles. The number of amides is 2. The Labute approximate surface area is 188 Å². The Morgan fingerprint density at radius 3 is 2.31 bits per heavy atom. The second kappa shape index (κ2) is 10.3. The molecular weight excluding hydrogens is 410 g/mol. The van der Waals surface area contributed by atoms with Crippen LogP contribution in [0.25, 0.3) is 0 Å². The number of ether oxygens (including phenoxy) is 2. The molecule has 1 aliphatic heterocycles. The Balaban J connectivity index is 1.76. The van der Waals surface area contributed by atoms with Crippen LogP contribution < -0.4 is 21.1 Å². The Morgan fingerprint density at radius 1 is 1.12 bits per heavy atom. The second-order valence-electron chi connectivity index (χ2n) is 8.81. The number of methoxy groups -OCH3 is 1. The summed E-state index contributed by atoms with van der Waals surface area (Å²) in [4.78, 5) is 38.6. The molecule has 1 fully saturated rings. The van der Waals surface area contributed by atoms with E-state index in [0.29, 0.717) is 18.8 Å². The molecule has 1 aromatic rings. The number of rotatable bonds is 11. The minimum Gasteiger partial charge on any atom is -0.497 e. The van der Waals surface area contributed by atoms with E-state index in [4.69, 9.17) is 15.2 Å². The number of Topliss-reactive ketones (excluding diaryl/α,β-unsaturated/α-hetero) is 1. The maximum Gasteiger partial charge on any atom is 0.243 e. The predicted molar refractivity (Wildman–Crippen MR) is 120 cm³/mol. The highest BCUT2D eigenvalue weighted by molar-refractivity contribution is 5.98. The number of carbonyl (C=O) groups excluding carboxylic acids is 3. The van der Waals surface area contributed by atoms with Gasteiger partial charge in [-0.05, 0) is 57.2 Å². The van der Waals surface area contributed by atoms with Gasteiger partial charge in [-0.25, -0.2) is 0 Å². The summed E-state index contributed by atoms with van der Waals surface area (Å²) in [5.41, 5.74) is 6.86.